The Morgan fingerprint density at radius 2 is 1.70 bits per heavy atom. The van der Waals surface area contributed by atoms with Gasteiger partial charge in [0.05, 0.1) is 25.4 Å². The fraction of sp³-hybridized carbons (Fsp3) is 0.250. The quantitative estimate of drug-likeness (QED) is 0.531. The van der Waals surface area contributed by atoms with Gasteiger partial charge in [-0.2, -0.15) is 5.26 Å². The van der Waals surface area contributed by atoms with Crippen LogP contribution in [0.1, 0.15) is 32.2 Å². The summed E-state index contributed by atoms with van der Waals surface area (Å²) in [4.78, 5) is 4.75. The summed E-state index contributed by atoms with van der Waals surface area (Å²) < 4.78 is 8.64. The third kappa shape index (κ3) is 4.02. The van der Waals surface area contributed by atoms with Gasteiger partial charge in [-0.3, -0.25) is 4.98 Å². The second-order valence-electron chi connectivity index (χ2n) is 8.10. The van der Waals surface area contributed by atoms with Crippen LogP contribution in [0.4, 0.5) is 0 Å². The first-order chi connectivity index (χ1) is 13.1. The molecular formula is C24H26N2Si. The molecule has 0 radical (unpaired) electrons. The molecule has 27 heavy (non-hydrogen) atoms. The van der Waals surface area contributed by atoms with E-state index in [0.717, 1.165) is 27.9 Å². The van der Waals surface area contributed by atoms with Crippen LogP contribution in [0.15, 0.2) is 60.8 Å². The van der Waals surface area contributed by atoms with Crippen LogP contribution < -0.4 is 5.19 Å². The third-order valence-electron chi connectivity index (χ3n) is 4.77. The van der Waals surface area contributed by atoms with Gasteiger partial charge in [0.25, 0.3) is 0 Å². The number of nitriles is 1. The minimum absolute atomic E-state index is 0.648. The van der Waals surface area contributed by atoms with Crippen LogP contribution in [0.25, 0.3) is 22.4 Å². The highest BCUT2D eigenvalue weighted by Gasteiger charge is 2.22. The first-order valence-electron chi connectivity index (χ1n) is 9.72. The summed E-state index contributed by atoms with van der Waals surface area (Å²) in [5.74, 6) is -0.692. The van der Waals surface area contributed by atoms with Gasteiger partial charge in [0.2, 0.25) is 0 Å². The van der Waals surface area contributed by atoms with E-state index in [4.69, 9.17) is 6.35 Å². The number of benzene rings is 2. The first kappa shape index (κ1) is 17.7. The Labute approximate surface area is 164 Å². The molecule has 0 fully saturated rings. The van der Waals surface area contributed by atoms with Gasteiger partial charge in [-0.05, 0) is 40.4 Å². The molecule has 0 amide bonds. The maximum atomic E-state index is 9.53. The number of hydrogen-bond acceptors (Lipinski definition) is 2. The molecule has 0 spiro atoms. The van der Waals surface area contributed by atoms with Crippen molar-refractivity contribution in [3.05, 3.63) is 71.9 Å². The summed E-state index contributed by atoms with van der Waals surface area (Å²) in [6.07, 6.45) is 1.97. The van der Waals surface area contributed by atoms with Crippen molar-refractivity contribution in [1.82, 2.24) is 4.98 Å². The number of aromatic nitrogens is 1. The first-order valence-corrected chi connectivity index (χ1v) is 12.7. The minimum atomic E-state index is -1.62. The normalized spacial score (nSPS) is 12.4. The molecule has 0 aliphatic rings. The van der Waals surface area contributed by atoms with E-state index in [2.05, 4.69) is 31.8 Å². The second kappa shape index (κ2) is 7.50. The molecule has 3 aromatic rings. The molecular weight excluding hydrogens is 344 g/mol. The summed E-state index contributed by atoms with van der Waals surface area (Å²) in [5.41, 5.74) is 5.42. The zero-order valence-corrected chi connectivity index (χ0v) is 17.7. The zero-order chi connectivity index (χ0) is 20.5. The molecule has 0 bridgehead atoms. The van der Waals surface area contributed by atoms with Crippen molar-refractivity contribution in [2.24, 2.45) is 0 Å². The van der Waals surface area contributed by atoms with Gasteiger partial charge in [-0.1, -0.05) is 69.9 Å². The summed E-state index contributed by atoms with van der Waals surface area (Å²) in [5, 5.41) is 10.8. The summed E-state index contributed by atoms with van der Waals surface area (Å²) in [7, 11) is -1.62. The van der Waals surface area contributed by atoms with Gasteiger partial charge < -0.3 is 0 Å². The van der Waals surface area contributed by atoms with E-state index < -0.39 is 14.0 Å². The van der Waals surface area contributed by atoms with Gasteiger partial charge in [0.1, 0.15) is 0 Å². The van der Waals surface area contributed by atoms with Crippen molar-refractivity contribution in [3.63, 3.8) is 0 Å². The van der Waals surface area contributed by atoms with E-state index in [9.17, 15) is 5.26 Å². The van der Waals surface area contributed by atoms with E-state index >= 15 is 0 Å². The zero-order valence-electron chi connectivity index (χ0n) is 17.7. The number of nitrogens with zero attached hydrogens (tertiary/aromatic N) is 2. The molecule has 0 aliphatic carbocycles. The van der Waals surface area contributed by atoms with E-state index in [-0.39, 0.29) is 0 Å². The van der Waals surface area contributed by atoms with Gasteiger partial charge >= 0.3 is 0 Å². The maximum absolute atomic E-state index is 9.53. The second-order valence-corrected chi connectivity index (χ2v) is 13.1. The van der Waals surface area contributed by atoms with Crippen LogP contribution in [0.2, 0.25) is 19.6 Å². The van der Waals surface area contributed by atoms with Crippen molar-refractivity contribution in [2.45, 2.75) is 39.4 Å². The molecule has 136 valence electrons. The van der Waals surface area contributed by atoms with E-state index in [1.807, 2.05) is 68.6 Å². The Bertz CT molecular complexity index is 1040. The summed E-state index contributed by atoms with van der Waals surface area (Å²) in [6.45, 7) is 10.7. The van der Waals surface area contributed by atoms with Crippen LogP contribution in [-0.2, 0) is 0 Å². The predicted octanol–water partition coefficient (Wildman–Crippen LogP) is 5.96. The summed E-state index contributed by atoms with van der Waals surface area (Å²) >= 11 is 0. The molecule has 0 saturated heterocycles. The molecule has 2 aromatic carbocycles. The standard InChI is InChI=1S/C24H26N2Si/c1-17(2)21-14-23(26-16-24(21)27(3,4)5)19-11-12-20(15-25)22(13-19)18-9-7-6-8-10-18/h6-14,16-17H,1-5H3/i17D. The Balaban J connectivity index is 2.19. The molecule has 2 nitrogen and oxygen atoms in total. The van der Waals surface area contributed by atoms with Crippen molar-refractivity contribution in [2.75, 3.05) is 0 Å². The molecule has 0 N–H and O–H groups in total. The van der Waals surface area contributed by atoms with Gasteiger partial charge in [0.15, 0.2) is 0 Å². The van der Waals surface area contributed by atoms with Crippen LogP contribution in [0.5, 0.6) is 0 Å². The lowest BCUT2D eigenvalue weighted by molar-refractivity contribution is 0.870. The predicted molar refractivity (Wildman–Crippen MR) is 117 cm³/mol. The fourth-order valence-electron chi connectivity index (χ4n) is 3.28. The van der Waals surface area contributed by atoms with E-state index in [0.29, 0.717) is 5.56 Å². The SMILES string of the molecule is [2H]C(C)(C)c1cc(-c2ccc(C#N)c(-c3ccccc3)c2)ncc1[Si](C)(C)C. The average molecular weight is 372 g/mol. The Morgan fingerprint density at radius 1 is 1.00 bits per heavy atom. The van der Waals surface area contributed by atoms with E-state index in [1.165, 1.54) is 5.19 Å². The molecule has 0 atom stereocenters. The number of rotatable bonds is 4. The minimum Gasteiger partial charge on any atom is -0.256 e. The molecule has 3 heteroatoms. The lowest BCUT2D eigenvalue weighted by Crippen LogP contribution is -2.40. The number of pyridine rings is 1. The van der Waals surface area contributed by atoms with Gasteiger partial charge in [-0.15, -0.1) is 0 Å². The average Bonchev–Trinajstić information content (AvgIpc) is 2.66. The lowest BCUT2D eigenvalue weighted by atomic mass is 9.95. The fourth-order valence-corrected chi connectivity index (χ4v) is 4.86. The molecule has 1 aromatic heterocycles. The molecule has 3 rings (SSSR count). The van der Waals surface area contributed by atoms with Gasteiger partial charge in [-0.25, -0.2) is 0 Å². The largest absolute Gasteiger partial charge is 0.256 e. The highest BCUT2D eigenvalue weighted by Crippen LogP contribution is 2.30. The molecule has 0 unspecified atom stereocenters. The monoisotopic (exact) mass is 371 g/mol. The highest BCUT2D eigenvalue weighted by molar-refractivity contribution is 6.89. The number of hydrogen-bond donors (Lipinski definition) is 0. The Kier molecular flexibility index (Phi) is 4.92. The molecule has 0 aliphatic heterocycles. The Morgan fingerprint density at radius 3 is 2.30 bits per heavy atom. The Hall–Kier alpha value is -2.70. The topological polar surface area (TPSA) is 36.7 Å². The van der Waals surface area contributed by atoms with Crippen molar-refractivity contribution >= 4 is 13.3 Å². The van der Waals surface area contributed by atoms with Crippen LogP contribution in [-0.4, -0.2) is 13.1 Å². The third-order valence-corrected chi connectivity index (χ3v) is 6.79. The van der Waals surface area contributed by atoms with Crippen molar-refractivity contribution in [3.8, 4) is 28.5 Å². The van der Waals surface area contributed by atoms with Crippen LogP contribution >= 0.6 is 0 Å². The maximum Gasteiger partial charge on any atom is 0.0998 e. The van der Waals surface area contributed by atoms with Crippen LogP contribution in [0.3, 0.4) is 0 Å². The van der Waals surface area contributed by atoms with Crippen LogP contribution in [0, 0.1) is 11.3 Å². The molecule has 1 heterocycles. The summed E-state index contributed by atoms with van der Waals surface area (Å²) in [6, 6.07) is 20.1. The molecule has 0 saturated carbocycles. The smallest absolute Gasteiger partial charge is 0.0998 e. The van der Waals surface area contributed by atoms with Crippen molar-refractivity contribution < 1.29 is 1.37 Å². The van der Waals surface area contributed by atoms with E-state index in [1.54, 1.807) is 0 Å². The van der Waals surface area contributed by atoms with Crippen molar-refractivity contribution in [1.29, 1.82) is 5.26 Å². The highest BCUT2D eigenvalue weighted by atomic mass is 28.3. The van der Waals surface area contributed by atoms with Gasteiger partial charge in [0, 0.05) is 18.7 Å². The lowest BCUT2D eigenvalue weighted by Gasteiger charge is -2.23.